The number of rotatable bonds is 3. The molecular formula is C9H13B2IN4. The van der Waals surface area contributed by atoms with E-state index >= 15 is 0 Å². The van der Waals surface area contributed by atoms with Crippen LogP contribution in [0.2, 0.25) is 0 Å². The second-order valence-electron chi connectivity index (χ2n) is 3.94. The minimum Gasteiger partial charge on any atom is -0.437 e. The van der Waals surface area contributed by atoms with Gasteiger partial charge in [-0.05, 0) is 42.5 Å². The summed E-state index contributed by atoms with van der Waals surface area (Å²) in [6.45, 7) is 4.27. The first kappa shape index (κ1) is 11.8. The number of pyridine rings is 1. The second kappa shape index (κ2) is 4.65. The van der Waals surface area contributed by atoms with Gasteiger partial charge in [-0.3, -0.25) is 0 Å². The van der Waals surface area contributed by atoms with E-state index in [1.165, 1.54) is 0 Å². The van der Waals surface area contributed by atoms with Gasteiger partial charge in [0.1, 0.15) is 9.22 Å². The summed E-state index contributed by atoms with van der Waals surface area (Å²) in [6.07, 6.45) is 1.86. The predicted molar refractivity (Wildman–Crippen MR) is 79.9 cm³/mol. The van der Waals surface area contributed by atoms with Crippen LogP contribution in [0.15, 0.2) is 12.4 Å². The van der Waals surface area contributed by atoms with Crippen LogP contribution in [0.3, 0.4) is 0 Å². The highest BCUT2D eigenvalue weighted by molar-refractivity contribution is 14.1. The van der Waals surface area contributed by atoms with E-state index in [-0.39, 0.29) is 0 Å². The first-order chi connectivity index (χ1) is 7.63. The molecule has 0 aliphatic rings. The minimum absolute atomic E-state index is 0.380. The predicted octanol–water partition coefficient (Wildman–Crippen LogP) is 0.928. The molecule has 4 nitrogen and oxygen atoms in total. The lowest BCUT2D eigenvalue weighted by atomic mass is 9.67. The van der Waals surface area contributed by atoms with Crippen LogP contribution in [0.5, 0.6) is 0 Å². The van der Waals surface area contributed by atoms with E-state index < -0.39 is 0 Å². The third-order valence-corrected chi connectivity index (χ3v) is 2.98. The van der Waals surface area contributed by atoms with Gasteiger partial charge in [-0.25, -0.2) is 9.97 Å². The standard InChI is InChI=1S/C9H13B2IN4/c1-5(2)16-4-13-8-6(15-11-10)3-7(12)14-9(8)16/h3-5,11H,10H2,1-2H3,(H,14,15). The van der Waals surface area contributed by atoms with Crippen LogP contribution in [-0.2, 0) is 0 Å². The summed E-state index contributed by atoms with van der Waals surface area (Å²) in [5.41, 5.74) is 2.98. The molecule has 82 valence electrons. The van der Waals surface area contributed by atoms with Crippen molar-refractivity contribution >= 4 is 54.5 Å². The Kier molecular flexibility index (Phi) is 3.41. The van der Waals surface area contributed by atoms with Gasteiger partial charge < -0.3 is 9.79 Å². The minimum atomic E-state index is 0.380. The lowest BCUT2D eigenvalue weighted by Gasteiger charge is -2.09. The Balaban J connectivity index is 2.65. The fourth-order valence-corrected chi connectivity index (χ4v) is 2.22. The number of imidazole rings is 1. The number of nitrogens with zero attached hydrogens (tertiary/aromatic N) is 3. The molecule has 7 heteroatoms. The summed E-state index contributed by atoms with van der Waals surface area (Å²) < 4.78 is 3.08. The summed E-state index contributed by atoms with van der Waals surface area (Å²) in [5, 5.41) is 3.32. The molecule has 0 unspecified atom stereocenters. The van der Waals surface area contributed by atoms with Crippen molar-refractivity contribution in [1.29, 1.82) is 0 Å². The third-order valence-electron chi connectivity index (χ3n) is 2.42. The Morgan fingerprint density at radius 3 is 2.94 bits per heavy atom. The van der Waals surface area contributed by atoms with Gasteiger partial charge in [0, 0.05) is 6.04 Å². The highest BCUT2D eigenvalue weighted by Crippen LogP contribution is 2.24. The number of anilines is 1. The van der Waals surface area contributed by atoms with E-state index in [9.17, 15) is 0 Å². The maximum Gasteiger partial charge on any atom is 0.188 e. The van der Waals surface area contributed by atoms with E-state index in [0.29, 0.717) is 6.04 Å². The van der Waals surface area contributed by atoms with Gasteiger partial charge in [0.05, 0.1) is 19.8 Å². The topological polar surface area (TPSA) is 42.7 Å². The van der Waals surface area contributed by atoms with E-state index in [0.717, 1.165) is 27.9 Å². The molecule has 0 fully saturated rings. The zero-order valence-electron chi connectivity index (χ0n) is 9.66. The van der Waals surface area contributed by atoms with Crippen molar-refractivity contribution in [2.75, 3.05) is 5.23 Å². The van der Waals surface area contributed by atoms with Crippen LogP contribution in [0.1, 0.15) is 19.9 Å². The number of hydrogen-bond donors (Lipinski definition) is 1. The van der Waals surface area contributed by atoms with E-state index in [1.807, 2.05) is 12.4 Å². The molecule has 16 heavy (non-hydrogen) atoms. The van der Waals surface area contributed by atoms with Crippen molar-refractivity contribution < 1.29 is 0 Å². The summed E-state index contributed by atoms with van der Waals surface area (Å²) >= 11 is 2.24. The van der Waals surface area contributed by atoms with Gasteiger partial charge in [-0.1, -0.05) is 0 Å². The maximum absolute atomic E-state index is 4.55. The molecule has 2 heterocycles. The van der Waals surface area contributed by atoms with Crippen molar-refractivity contribution in [1.82, 2.24) is 14.5 Å². The Morgan fingerprint density at radius 1 is 1.56 bits per heavy atom. The number of nitrogens with one attached hydrogen (secondary N) is 1. The number of halogens is 1. The fraction of sp³-hybridized carbons (Fsp3) is 0.333. The van der Waals surface area contributed by atoms with Crippen LogP contribution in [0, 0.1) is 3.70 Å². The molecule has 0 saturated carbocycles. The van der Waals surface area contributed by atoms with Crippen LogP contribution < -0.4 is 5.23 Å². The van der Waals surface area contributed by atoms with Crippen LogP contribution in [-0.4, -0.2) is 29.6 Å². The molecule has 0 bridgehead atoms. The summed E-state index contributed by atoms with van der Waals surface area (Å²) in [7, 11) is 2.97. The normalized spacial score (nSPS) is 11.0. The van der Waals surface area contributed by atoms with Gasteiger partial charge in [-0.2, -0.15) is 0 Å². The number of fused-ring (bicyclic) bond motifs is 1. The lowest BCUT2D eigenvalue weighted by molar-refractivity contribution is 0.612. The van der Waals surface area contributed by atoms with Gasteiger partial charge in [0.2, 0.25) is 0 Å². The summed E-state index contributed by atoms with van der Waals surface area (Å²) in [4.78, 5) is 8.98. The van der Waals surface area contributed by atoms with Crippen LogP contribution in [0.4, 0.5) is 5.69 Å². The largest absolute Gasteiger partial charge is 0.437 e. The molecule has 0 spiro atoms. The average molecular weight is 326 g/mol. The monoisotopic (exact) mass is 326 g/mol. The van der Waals surface area contributed by atoms with Crippen molar-refractivity contribution in [2.24, 2.45) is 0 Å². The third kappa shape index (κ3) is 2.05. The van der Waals surface area contributed by atoms with E-state index in [4.69, 9.17) is 0 Å². The van der Waals surface area contributed by atoms with E-state index in [2.05, 4.69) is 63.9 Å². The molecule has 1 N–H and O–H groups in total. The van der Waals surface area contributed by atoms with Crippen LogP contribution >= 0.6 is 22.6 Å². The molecule has 0 aromatic carbocycles. The molecule has 0 amide bonds. The quantitative estimate of drug-likeness (QED) is 0.518. The molecule has 2 aromatic heterocycles. The summed E-state index contributed by atoms with van der Waals surface area (Å²) in [5.74, 6) is 0. The molecule has 2 aromatic rings. The first-order valence-corrected chi connectivity index (χ1v) is 6.48. The smallest absolute Gasteiger partial charge is 0.188 e. The van der Waals surface area contributed by atoms with Crippen molar-refractivity contribution in [3.8, 4) is 0 Å². The van der Waals surface area contributed by atoms with Crippen molar-refractivity contribution in [3.63, 3.8) is 0 Å². The Hall–Kier alpha value is -0.720. The Labute approximate surface area is 110 Å². The van der Waals surface area contributed by atoms with Gasteiger partial charge in [-0.15, -0.1) is 0 Å². The number of hydrogen-bond acceptors (Lipinski definition) is 3. The molecular weight excluding hydrogens is 313 g/mol. The Morgan fingerprint density at radius 2 is 2.31 bits per heavy atom. The Bertz CT molecular complexity index is 511. The van der Waals surface area contributed by atoms with Gasteiger partial charge in [0.25, 0.3) is 0 Å². The van der Waals surface area contributed by atoms with Gasteiger partial charge >= 0.3 is 0 Å². The number of aromatic nitrogens is 3. The molecule has 0 radical (unpaired) electrons. The first-order valence-electron chi connectivity index (χ1n) is 5.40. The second-order valence-corrected chi connectivity index (χ2v) is 5.05. The lowest BCUT2D eigenvalue weighted by Crippen LogP contribution is -2.07. The molecule has 0 aliphatic carbocycles. The highest BCUT2D eigenvalue weighted by atomic mass is 127. The SMILES string of the molecule is BBNc1cc(I)nc2c1ncn2C(C)C. The molecule has 0 aliphatic heterocycles. The molecule has 2 rings (SSSR count). The summed E-state index contributed by atoms with van der Waals surface area (Å²) in [6, 6.07) is 2.41. The molecule has 0 saturated heterocycles. The zero-order chi connectivity index (χ0) is 11.7. The molecule has 0 atom stereocenters. The van der Waals surface area contributed by atoms with Crippen LogP contribution in [0.25, 0.3) is 11.2 Å². The average Bonchev–Trinajstić information content (AvgIpc) is 2.61. The van der Waals surface area contributed by atoms with Gasteiger partial charge in [0.15, 0.2) is 13.0 Å². The van der Waals surface area contributed by atoms with Crippen molar-refractivity contribution in [2.45, 2.75) is 19.9 Å². The van der Waals surface area contributed by atoms with Crippen molar-refractivity contribution in [3.05, 3.63) is 16.1 Å². The van der Waals surface area contributed by atoms with E-state index in [1.54, 1.807) is 0 Å². The maximum atomic E-state index is 4.55. The highest BCUT2D eigenvalue weighted by Gasteiger charge is 2.11. The fourth-order valence-electron chi connectivity index (χ4n) is 1.68. The zero-order valence-corrected chi connectivity index (χ0v) is 11.8.